The highest BCUT2D eigenvalue weighted by Gasteiger charge is 2.02. The normalized spacial score (nSPS) is 10.6. The van der Waals surface area contributed by atoms with Crippen molar-refractivity contribution in [2.45, 2.75) is 20.0 Å². The van der Waals surface area contributed by atoms with Crippen LogP contribution in [-0.2, 0) is 13.1 Å². The first-order valence-corrected chi connectivity index (χ1v) is 5.11. The molecule has 0 atom stereocenters. The van der Waals surface area contributed by atoms with Crippen LogP contribution in [0, 0.1) is 12.7 Å². The fourth-order valence-corrected chi connectivity index (χ4v) is 1.43. The van der Waals surface area contributed by atoms with Crippen LogP contribution in [-0.4, -0.2) is 4.98 Å². The summed E-state index contributed by atoms with van der Waals surface area (Å²) in [5.74, 6) is 1.20. The van der Waals surface area contributed by atoms with Crippen LogP contribution in [0.15, 0.2) is 34.9 Å². The second kappa shape index (κ2) is 4.90. The van der Waals surface area contributed by atoms with Crippen molar-refractivity contribution in [3.05, 3.63) is 53.5 Å². The number of aryl methyl sites for hydroxylation is 1. The molecule has 1 aromatic carbocycles. The Hall–Kier alpha value is -1.68. The summed E-state index contributed by atoms with van der Waals surface area (Å²) in [5.41, 5.74) is 0.644. The lowest BCUT2D eigenvalue weighted by Crippen LogP contribution is -2.13. The lowest BCUT2D eigenvalue weighted by molar-refractivity contribution is 0.447. The molecule has 1 aromatic heterocycles. The number of hydrogen-bond acceptors (Lipinski definition) is 3. The van der Waals surface area contributed by atoms with E-state index in [4.69, 9.17) is 4.42 Å². The van der Waals surface area contributed by atoms with Gasteiger partial charge in [-0.05, 0) is 13.0 Å². The molecule has 0 unspecified atom stereocenters. The minimum atomic E-state index is -0.196. The van der Waals surface area contributed by atoms with E-state index in [9.17, 15) is 4.39 Å². The third-order valence-corrected chi connectivity index (χ3v) is 2.22. The maximum atomic E-state index is 13.2. The SMILES string of the molecule is Cc1cnc(CNCc2ccccc2F)o1. The summed E-state index contributed by atoms with van der Waals surface area (Å²) < 4.78 is 18.5. The van der Waals surface area contributed by atoms with Crippen LogP contribution < -0.4 is 5.32 Å². The Morgan fingerprint density at radius 2 is 2.12 bits per heavy atom. The monoisotopic (exact) mass is 220 g/mol. The summed E-state index contributed by atoms with van der Waals surface area (Å²) in [6.45, 7) is 2.81. The van der Waals surface area contributed by atoms with E-state index in [0.717, 1.165) is 5.76 Å². The van der Waals surface area contributed by atoms with Crippen molar-refractivity contribution in [1.29, 1.82) is 0 Å². The number of nitrogens with zero attached hydrogens (tertiary/aromatic N) is 1. The minimum absolute atomic E-state index is 0.196. The van der Waals surface area contributed by atoms with Gasteiger partial charge in [0.2, 0.25) is 5.89 Å². The maximum absolute atomic E-state index is 13.2. The van der Waals surface area contributed by atoms with Crippen LogP contribution in [0.4, 0.5) is 4.39 Å². The van der Waals surface area contributed by atoms with Crippen molar-refractivity contribution in [3.8, 4) is 0 Å². The zero-order chi connectivity index (χ0) is 11.4. The first-order valence-electron chi connectivity index (χ1n) is 5.11. The molecule has 16 heavy (non-hydrogen) atoms. The molecule has 0 spiro atoms. The third-order valence-electron chi connectivity index (χ3n) is 2.22. The highest BCUT2D eigenvalue weighted by Crippen LogP contribution is 2.06. The third kappa shape index (κ3) is 2.67. The van der Waals surface area contributed by atoms with Crippen LogP contribution >= 0.6 is 0 Å². The van der Waals surface area contributed by atoms with Gasteiger partial charge in [-0.15, -0.1) is 0 Å². The zero-order valence-corrected chi connectivity index (χ0v) is 9.03. The molecule has 0 aliphatic carbocycles. The molecule has 84 valence electrons. The molecular weight excluding hydrogens is 207 g/mol. The Bertz CT molecular complexity index is 468. The molecule has 0 aliphatic heterocycles. The van der Waals surface area contributed by atoms with E-state index in [1.54, 1.807) is 18.3 Å². The Morgan fingerprint density at radius 3 is 2.81 bits per heavy atom. The van der Waals surface area contributed by atoms with Crippen molar-refractivity contribution in [2.75, 3.05) is 0 Å². The average molecular weight is 220 g/mol. The van der Waals surface area contributed by atoms with E-state index in [0.29, 0.717) is 24.5 Å². The molecule has 0 radical (unpaired) electrons. The van der Waals surface area contributed by atoms with Gasteiger partial charge in [0.05, 0.1) is 12.7 Å². The number of aromatic nitrogens is 1. The molecule has 0 saturated heterocycles. The predicted molar refractivity (Wildman–Crippen MR) is 58.2 cm³/mol. The van der Waals surface area contributed by atoms with Gasteiger partial charge in [0.25, 0.3) is 0 Å². The van der Waals surface area contributed by atoms with Crippen LogP contribution in [0.1, 0.15) is 17.2 Å². The van der Waals surface area contributed by atoms with Gasteiger partial charge in [-0.2, -0.15) is 0 Å². The summed E-state index contributed by atoms with van der Waals surface area (Å²) in [5, 5.41) is 3.08. The molecule has 2 rings (SSSR count). The second-order valence-electron chi connectivity index (χ2n) is 3.56. The van der Waals surface area contributed by atoms with Crippen molar-refractivity contribution in [2.24, 2.45) is 0 Å². The Labute approximate surface area is 93.3 Å². The van der Waals surface area contributed by atoms with E-state index in [1.807, 2.05) is 13.0 Å². The van der Waals surface area contributed by atoms with Crippen LogP contribution in [0.5, 0.6) is 0 Å². The van der Waals surface area contributed by atoms with Gasteiger partial charge in [0, 0.05) is 12.1 Å². The van der Waals surface area contributed by atoms with E-state index in [1.165, 1.54) is 6.07 Å². The minimum Gasteiger partial charge on any atom is -0.445 e. The molecule has 0 aliphatic rings. The largest absolute Gasteiger partial charge is 0.445 e. The summed E-state index contributed by atoms with van der Waals surface area (Å²) in [6, 6.07) is 6.70. The van der Waals surface area contributed by atoms with Crippen molar-refractivity contribution in [1.82, 2.24) is 10.3 Å². The molecule has 1 N–H and O–H groups in total. The maximum Gasteiger partial charge on any atom is 0.208 e. The number of benzene rings is 1. The standard InChI is InChI=1S/C12H13FN2O/c1-9-6-15-12(16-9)8-14-7-10-4-2-3-5-11(10)13/h2-6,14H,7-8H2,1H3. The fraction of sp³-hybridized carbons (Fsp3) is 0.250. The quantitative estimate of drug-likeness (QED) is 0.859. The summed E-state index contributed by atoms with van der Waals surface area (Å²) in [4.78, 5) is 4.05. The molecule has 4 heteroatoms. The molecular formula is C12H13FN2O. The van der Waals surface area contributed by atoms with Crippen molar-refractivity contribution < 1.29 is 8.81 Å². The van der Waals surface area contributed by atoms with Crippen LogP contribution in [0.2, 0.25) is 0 Å². The van der Waals surface area contributed by atoms with Gasteiger partial charge in [-0.25, -0.2) is 9.37 Å². The summed E-state index contributed by atoms with van der Waals surface area (Å²) >= 11 is 0. The lowest BCUT2D eigenvalue weighted by Gasteiger charge is -2.03. The van der Waals surface area contributed by atoms with E-state index in [-0.39, 0.29) is 5.82 Å². The summed E-state index contributed by atoms with van der Waals surface area (Å²) in [6.07, 6.45) is 1.67. The van der Waals surface area contributed by atoms with Crippen molar-refractivity contribution in [3.63, 3.8) is 0 Å². The molecule has 0 bridgehead atoms. The number of halogens is 1. The van der Waals surface area contributed by atoms with Gasteiger partial charge in [0.1, 0.15) is 11.6 Å². The number of nitrogens with one attached hydrogen (secondary N) is 1. The van der Waals surface area contributed by atoms with Gasteiger partial charge in [-0.3, -0.25) is 0 Å². The fourth-order valence-electron chi connectivity index (χ4n) is 1.43. The molecule has 1 heterocycles. The Kier molecular flexibility index (Phi) is 3.31. The highest BCUT2D eigenvalue weighted by molar-refractivity contribution is 5.16. The lowest BCUT2D eigenvalue weighted by atomic mass is 10.2. The number of oxazole rings is 1. The van der Waals surface area contributed by atoms with Crippen molar-refractivity contribution >= 4 is 0 Å². The van der Waals surface area contributed by atoms with E-state index >= 15 is 0 Å². The van der Waals surface area contributed by atoms with E-state index < -0.39 is 0 Å². The van der Waals surface area contributed by atoms with Gasteiger partial charge < -0.3 is 9.73 Å². The first-order chi connectivity index (χ1) is 7.75. The molecule has 0 amide bonds. The predicted octanol–water partition coefficient (Wildman–Crippen LogP) is 2.41. The van der Waals surface area contributed by atoms with Gasteiger partial charge in [-0.1, -0.05) is 18.2 Å². The molecule has 2 aromatic rings. The molecule has 0 fully saturated rings. The average Bonchev–Trinajstić information content (AvgIpc) is 2.67. The molecule has 0 saturated carbocycles. The smallest absolute Gasteiger partial charge is 0.208 e. The number of rotatable bonds is 4. The first kappa shape index (κ1) is 10.8. The number of hydrogen-bond donors (Lipinski definition) is 1. The molecule has 3 nitrogen and oxygen atoms in total. The highest BCUT2D eigenvalue weighted by atomic mass is 19.1. The Balaban J connectivity index is 1.87. The zero-order valence-electron chi connectivity index (χ0n) is 9.03. The van der Waals surface area contributed by atoms with Crippen LogP contribution in [0.3, 0.4) is 0 Å². The topological polar surface area (TPSA) is 38.1 Å². The summed E-state index contributed by atoms with van der Waals surface area (Å²) in [7, 11) is 0. The van der Waals surface area contributed by atoms with Crippen LogP contribution in [0.25, 0.3) is 0 Å². The van der Waals surface area contributed by atoms with Gasteiger partial charge in [0.15, 0.2) is 0 Å². The van der Waals surface area contributed by atoms with Gasteiger partial charge >= 0.3 is 0 Å². The van der Waals surface area contributed by atoms with E-state index in [2.05, 4.69) is 10.3 Å². The second-order valence-corrected chi connectivity index (χ2v) is 3.56. The Morgan fingerprint density at radius 1 is 1.31 bits per heavy atom.